The highest BCUT2D eigenvalue weighted by molar-refractivity contribution is 6.30. The Morgan fingerprint density at radius 2 is 1.44 bits per heavy atom. The molecule has 0 radical (unpaired) electrons. The van der Waals surface area contributed by atoms with Crippen molar-refractivity contribution in [1.29, 1.82) is 0 Å². The van der Waals surface area contributed by atoms with Crippen LogP contribution in [0.5, 0.6) is 5.75 Å². The van der Waals surface area contributed by atoms with Gasteiger partial charge in [0.05, 0.1) is 24.3 Å². The zero-order chi connectivity index (χ0) is 28.5. The summed E-state index contributed by atoms with van der Waals surface area (Å²) in [6, 6.07) is 16.9. The fourth-order valence-corrected chi connectivity index (χ4v) is 5.60. The number of amides is 1. The summed E-state index contributed by atoms with van der Waals surface area (Å²) in [6.45, 7) is 3.92. The molecule has 2 heterocycles. The average molecular weight is 630 g/mol. The molecule has 2 fully saturated rings. The number of rotatable bonds is 6. The second-order valence-corrected chi connectivity index (χ2v) is 10.7. The van der Waals surface area contributed by atoms with Crippen LogP contribution in [0.4, 0.5) is 13.2 Å². The number of carbonyl (C=O) groups is 1. The summed E-state index contributed by atoms with van der Waals surface area (Å²) in [4.78, 5) is 16.2. The van der Waals surface area contributed by atoms with Gasteiger partial charge < -0.3 is 15.0 Å². The van der Waals surface area contributed by atoms with Gasteiger partial charge in [-0.2, -0.15) is 13.2 Å². The molecule has 6 nitrogen and oxygen atoms in total. The molecular formula is C29H30Cl3F3N4O2. The molecule has 3 aromatic carbocycles. The van der Waals surface area contributed by atoms with Gasteiger partial charge in [0.15, 0.2) is 5.66 Å². The van der Waals surface area contributed by atoms with Crippen LogP contribution in [0.15, 0.2) is 66.7 Å². The molecule has 2 aliphatic heterocycles. The molecule has 41 heavy (non-hydrogen) atoms. The molecule has 0 spiro atoms. The first kappa shape index (κ1) is 31.4. The van der Waals surface area contributed by atoms with Crippen LogP contribution in [0.2, 0.25) is 10.0 Å². The number of halogens is 6. The van der Waals surface area contributed by atoms with Crippen LogP contribution in [0.25, 0.3) is 0 Å². The molecule has 2 aliphatic rings. The molecule has 2 unspecified atom stereocenters. The Balaban J connectivity index is 0.00000387. The summed E-state index contributed by atoms with van der Waals surface area (Å²) in [5.74, 6) is -0.322. The van der Waals surface area contributed by atoms with Gasteiger partial charge in [-0.25, -0.2) is 0 Å². The molecule has 2 atom stereocenters. The summed E-state index contributed by atoms with van der Waals surface area (Å²) >= 11 is 12.3. The van der Waals surface area contributed by atoms with E-state index in [2.05, 4.69) is 16.0 Å². The van der Waals surface area contributed by atoms with Crippen molar-refractivity contribution in [3.05, 3.63) is 99.0 Å². The summed E-state index contributed by atoms with van der Waals surface area (Å²) in [5.41, 5.74) is -0.485. The minimum Gasteiger partial charge on any atom is -0.493 e. The van der Waals surface area contributed by atoms with E-state index in [9.17, 15) is 18.0 Å². The number of carbonyl (C=O) groups excluding carboxylic acids is 1. The smallest absolute Gasteiger partial charge is 0.416 e. The van der Waals surface area contributed by atoms with E-state index < -0.39 is 29.5 Å². The van der Waals surface area contributed by atoms with Crippen molar-refractivity contribution >= 4 is 41.5 Å². The maximum atomic E-state index is 14.5. The second kappa shape index (κ2) is 12.8. The Kier molecular flexibility index (Phi) is 9.78. The number of ether oxygens (including phenoxy) is 1. The van der Waals surface area contributed by atoms with Crippen molar-refractivity contribution in [3.8, 4) is 5.75 Å². The third kappa shape index (κ3) is 6.45. The first-order chi connectivity index (χ1) is 19.1. The van der Waals surface area contributed by atoms with E-state index in [0.717, 1.165) is 23.3 Å². The van der Waals surface area contributed by atoms with E-state index in [1.165, 1.54) is 6.07 Å². The third-order valence-electron chi connectivity index (χ3n) is 7.27. The lowest BCUT2D eigenvalue weighted by atomic mass is 9.94. The van der Waals surface area contributed by atoms with E-state index in [0.29, 0.717) is 36.2 Å². The summed E-state index contributed by atoms with van der Waals surface area (Å²) in [6.07, 6.45) is -4.58. The zero-order valence-corrected chi connectivity index (χ0v) is 24.4. The van der Waals surface area contributed by atoms with Crippen LogP contribution in [-0.4, -0.2) is 43.6 Å². The van der Waals surface area contributed by atoms with Crippen molar-refractivity contribution in [2.24, 2.45) is 0 Å². The SMILES string of the molecule is CCOc1cc(C(F)(F)F)ccc1C1(C(=O)N2CCNCC2)NC(c2ccc(Cl)cc2)C(c2ccc(Cl)cc2)N1.Cl. The van der Waals surface area contributed by atoms with Gasteiger partial charge in [-0.1, -0.05) is 53.5 Å². The number of hydrogen-bond acceptors (Lipinski definition) is 5. The molecule has 220 valence electrons. The van der Waals surface area contributed by atoms with Gasteiger partial charge in [0.2, 0.25) is 0 Å². The van der Waals surface area contributed by atoms with Crippen LogP contribution in [0, 0.1) is 0 Å². The summed E-state index contributed by atoms with van der Waals surface area (Å²) < 4.78 is 46.9. The lowest BCUT2D eigenvalue weighted by molar-refractivity contribution is -0.140. The topological polar surface area (TPSA) is 65.6 Å². The van der Waals surface area contributed by atoms with Crippen LogP contribution >= 0.6 is 35.6 Å². The minimum atomic E-state index is -4.58. The maximum absolute atomic E-state index is 14.5. The first-order valence-electron chi connectivity index (χ1n) is 13.0. The fourth-order valence-electron chi connectivity index (χ4n) is 5.35. The highest BCUT2D eigenvalue weighted by atomic mass is 35.5. The van der Waals surface area contributed by atoms with Crippen molar-refractivity contribution in [3.63, 3.8) is 0 Å². The quantitative estimate of drug-likeness (QED) is 0.308. The maximum Gasteiger partial charge on any atom is 0.416 e. The number of benzene rings is 3. The van der Waals surface area contributed by atoms with Crippen molar-refractivity contribution in [1.82, 2.24) is 20.9 Å². The Morgan fingerprint density at radius 3 is 1.90 bits per heavy atom. The number of piperazine rings is 1. The van der Waals surface area contributed by atoms with Gasteiger partial charge in [-0.3, -0.25) is 15.4 Å². The number of hydrogen-bond donors (Lipinski definition) is 3. The van der Waals surface area contributed by atoms with Gasteiger partial charge in [0.25, 0.3) is 5.91 Å². The first-order valence-corrected chi connectivity index (χ1v) is 13.8. The molecule has 0 aromatic heterocycles. The average Bonchev–Trinajstić information content (AvgIpc) is 3.35. The number of nitrogens with zero attached hydrogens (tertiary/aromatic N) is 1. The predicted molar refractivity (Wildman–Crippen MR) is 156 cm³/mol. The molecule has 1 amide bonds. The molecule has 0 aliphatic carbocycles. The Labute approximate surface area is 252 Å². The Bertz CT molecular complexity index is 1300. The minimum absolute atomic E-state index is 0. The van der Waals surface area contributed by atoms with E-state index in [1.807, 2.05) is 24.3 Å². The third-order valence-corrected chi connectivity index (χ3v) is 7.78. The van der Waals surface area contributed by atoms with Crippen LogP contribution in [0.3, 0.4) is 0 Å². The zero-order valence-electron chi connectivity index (χ0n) is 22.1. The molecular weight excluding hydrogens is 600 g/mol. The van der Waals surface area contributed by atoms with Crippen LogP contribution in [0.1, 0.15) is 41.3 Å². The van der Waals surface area contributed by atoms with E-state index in [4.69, 9.17) is 27.9 Å². The van der Waals surface area contributed by atoms with Crippen LogP contribution in [-0.2, 0) is 16.6 Å². The molecule has 5 rings (SSSR count). The van der Waals surface area contributed by atoms with E-state index >= 15 is 0 Å². The second-order valence-electron chi connectivity index (χ2n) is 9.78. The van der Waals surface area contributed by atoms with Crippen molar-refractivity contribution in [2.75, 3.05) is 32.8 Å². The Morgan fingerprint density at radius 1 is 0.927 bits per heavy atom. The fraction of sp³-hybridized carbons (Fsp3) is 0.345. The largest absolute Gasteiger partial charge is 0.493 e. The number of alkyl halides is 3. The molecule has 0 saturated carbocycles. The molecule has 12 heteroatoms. The Hall–Kier alpha value is -2.53. The normalized spacial score (nSPS) is 22.7. The molecule has 0 bridgehead atoms. The predicted octanol–water partition coefficient (Wildman–Crippen LogP) is 6.09. The molecule has 3 N–H and O–H groups in total. The standard InChI is InChI=1S/C29H29Cl2F3N4O2.ClH/c1-2-40-24-17-20(29(32,33)34)7-12-23(24)28(27(39)38-15-13-35-14-16-38)36-25(18-3-8-21(30)9-4-18)26(37-28)19-5-10-22(31)11-6-19;/h3-12,17,25-26,35-37H,2,13-16H2,1H3;1H. The van der Waals surface area contributed by atoms with E-state index in [-0.39, 0.29) is 36.2 Å². The van der Waals surface area contributed by atoms with Crippen molar-refractivity contribution in [2.45, 2.75) is 30.8 Å². The molecule has 2 saturated heterocycles. The van der Waals surface area contributed by atoms with Gasteiger partial charge >= 0.3 is 6.18 Å². The van der Waals surface area contributed by atoms with Gasteiger partial charge in [-0.15, -0.1) is 12.4 Å². The lowest BCUT2D eigenvalue weighted by Gasteiger charge is -2.38. The number of nitrogens with one attached hydrogen (secondary N) is 3. The summed E-state index contributed by atoms with van der Waals surface area (Å²) in [5, 5.41) is 11.4. The monoisotopic (exact) mass is 628 g/mol. The van der Waals surface area contributed by atoms with Gasteiger partial charge in [0, 0.05) is 41.8 Å². The highest BCUT2D eigenvalue weighted by Gasteiger charge is 2.54. The summed E-state index contributed by atoms with van der Waals surface area (Å²) in [7, 11) is 0. The lowest BCUT2D eigenvalue weighted by Crippen LogP contribution is -2.61. The molecule has 3 aromatic rings. The highest BCUT2D eigenvalue weighted by Crippen LogP contribution is 2.45. The van der Waals surface area contributed by atoms with Crippen molar-refractivity contribution < 1.29 is 22.7 Å². The van der Waals surface area contributed by atoms with Crippen LogP contribution < -0.4 is 20.7 Å². The van der Waals surface area contributed by atoms with Gasteiger partial charge in [-0.05, 0) is 54.4 Å². The van der Waals surface area contributed by atoms with Gasteiger partial charge in [0.1, 0.15) is 5.75 Å². The van der Waals surface area contributed by atoms with E-state index in [1.54, 1.807) is 36.1 Å².